The Kier molecular flexibility index (Phi) is 3.57. The zero-order chi connectivity index (χ0) is 10.8. The molecule has 1 saturated carbocycles. The first-order valence-corrected chi connectivity index (χ1v) is 5.78. The number of rotatable bonds is 6. The molecule has 0 saturated heterocycles. The van der Waals surface area contributed by atoms with Gasteiger partial charge in [0.15, 0.2) is 0 Å². The molecule has 1 fully saturated rings. The molecule has 0 bridgehead atoms. The topological polar surface area (TPSA) is 37.3 Å². The maximum atomic E-state index is 10.9. The number of carbonyl (C=O) groups is 1. The molecule has 0 aliphatic heterocycles. The molecule has 2 nitrogen and oxygen atoms in total. The van der Waals surface area contributed by atoms with Crippen molar-refractivity contribution in [1.29, 1.82) is 0 Å². The molecular formula is C12H22O2. The van der Waals surface area contributed by atoms with Gasteiger partial charge in [0.05, 0.1) is 5.41 Å². The quantitative estimate of drug-likeness (QED) is 0.711. The number of hydrogen-bond donors (Lipinski definition) is 1. The maximum absolute atomic E-state index is 10.9. The molecule has 2 unspecified atom stereocenters. The van der Waals surface area contributed by atoms with E-state index in [1.54, 1.807) is 0 Å². The van der Waals surface area contributed by atoms with E-state index in [1.165, 1.54) is 19.3 Å². The van der Waals surface area contributed by atoms with Crippen LogP contribution in [0, 0.1) is 17.3 Å². The minimum atomic E-state index is -0.605. The van der Waals surface area contributed by atoms with Crippen molar-refractivity contribution in [1.82, 2.24) is 0 Å². The third kappa shape index (κ3) is 2.28. The molecule has 0 aromatic carbocycles. The van der Waals surface area contributed by atoms with Crippen molar-refractivity contribution in [2.75, 3.05) is 0 Å². The van der Waals surface area contributed by atoms with Crippen molar-refractivity contribution < 1.29 is 9.90 Å². The van der Waals surface area contributed by atoms with Gasteiger partial charge in [-0.3, -0.25) is 4.79 Å². The number of carboxylic acid groups (broad SMARTS) is 1. The van der Waals surface area contributed by atoms with E-state index in [2.05, 4.69) is 13.8 Å². The highest BCUT2D eigenvalue weighted by molar-refractivity contribution is 5.77. The third-order valence-electron chi connectivity index (χ3n) is 3.98. The lowest BCUT2D eigenvalue weighted by atomic mass is 9.94. The van der Waals surface area contributed by atoms with Gasteiger partial charge in [-0.05, 0) is 31.6 Å². The molecule has 1 aliphatic rings. The van der Waals surface area contributed by atoms with E-state index >= 15 is 0 Å². The van der Waals surface area contributed by atoms with E-state index in [0.29, 0.717) is 5.92 Å². The monoisotopic (exact) mass is 198 g/mol. The van der Waals surface area contributed by atoms with Crippen LogP contribution in [0.4, 0.5) is 0 Å². The van der Waals surface area contributed by atoms with Crippen LogP contribution >= 0.6 is 0 Å². The first-order valence-electron chi connectivity index (χ1n) is 5.78. The average Bonchev–Trinajstić information content (AvgIpc) is 2.81. The fraction of sp³-hybridized carbons (Fsp3) is 0.917. The van der Waals surface area contributed by atoms with E-state index in [0.717, 1.165) is 18.8 Å². The van der Waals surface area contributed by atoms with Gasteiger partial charge in [0.25, 0.3) is 0 Å². The Morgan fingerprint density at radius 2 is 2.07 bits per heavy atom. The van der Waals surface area contributed by atoms with E-state index in [-0.39, 0.29) is 5.41 Å². The number of aliphatic carboxylic acids is 1. The fourth-order valence-electron chi connectivity index (χ4n) is 2.27. The Morgan fingerprint density at radius 3 is 2.43 bits per heavy atom. The molecule has 1 rings (SSSR count). The van der Waals surface area contributed by atoms with Crippen LogP contribution in [0.2, 0.25) is 0 Å². The van der Waals surface area contributed by atoms with E-state index in [1.807, 2.05) is 6.92 Å². The smallest absolute Gasteiger partial charge is 0.309 e. The molecule has 0 radical (unpaired) electrons. The zero-order valence-electron chi connectivity index (χ0n) is 9.55. The van der Waals surface area contributed by atoms with Gasteiger partial charge in [-0.15, -0.1) is 0 Å². The summed E-state index contributed by atoms with van der Waals surface area (Å²) < 4.78 is 0. The predicted octanol–water partition coefficient (Wildman–Crippen LogP) is 3.31. The molecule has 0 amide bonds. The highest BCUT2D eigenvalue weighted by Crippen LogP contribution is 2.55. The fourth-order valence-corrected chi connectivity index (χ4v) is 2.27. The second-order valence-electron chi connectivity index (χ2n) is 4.88. The average molecular weight is 198 g/mol. The Balaban J connectivity index is 2.26. The highest BCUT2D eigenvalue weighted by atomic mass is 16.4. The summed E-state index contributed by atoms with van der Waals surface area (Å²) in [5, 5.41) is 8.96. The highest BCUT2D eigenvalue weighted by Gasteiger charge is 2.55. The minimum Gasteiger partial charge on any atom is -0.481 e. The summed E-state index contributed by atoms with van der Waals surface area (Å²) in [5.74, 6) is 0.640. The summed E-state index contributed by atoms with van der Waals surface area (Å²) in [6.45, 7) is 6.32. The van der Waals surface area contributed by atoms with Crippen molar-refractivity contribution in [2.45, 2.75) is 52.9 Å². The van der Waals surface area contributed by atoms with Gasteiger partial charge in [0.1, 0.15) is 0 Å². The van der Waals surface area contributed by atoms with E-state index < -0.39 is 5.97 Å². The predicted molar refractivity (Wildman–Crippen MR) is 57.2 cm³/mol. The molecular weight excluding hydrogens is 176 g/mol. The molecule has 2 atom stereocenters. The summed E-state index contributed by atoms with van der Waals surface area (Å²) in [4.78, 5) is 10.9. The van der Waals surface area contributed by atoms with Crippen LogP contribution in [-0.2, 0) is 4.79 Å². The van der Waals surface area contributed by atoms with E-state index in [9.17, 15) is 4.79 Å². The second kappa shape index (κ2) is 4.33. The Morgan fingerprint density at radius 1 is 1.50 bits per heavy atom. The largest absolute Gasteiger partial charge is 0.481 e. The molecule has 0 spiro atoms. The Hall–Kier alpha value is -0.530. The van der Waals surface area contributed by atoms with Crippen molar-refractivity contribution in [3.05, 3.63) is 0 Å². The second-order valence-corrected chi connectivity index (χ2v) is 4.88. The lowest BCUT2D eigenvalue weighted by Crippen LogP contribution is -2.13. The van der Waals surface area contributed by atoms with Crippen LogP contribution in [-0.4, -0.2) is 11.1 Å². The van der Waals surface area contributed by atoms with Gasteiger partial charge in [0.2, 0.25) is 0 Å². The van der Waals surface area contributed by atoms with Gasteiger partial charge in [-0.2, -0.15) is 0 Å². The molecule has 0 aromatic rings. The number of hydrogen-bond acceptors (Lipinski definition) is 1. The number of carboxylic acids is 1. The van der Waals surface area contributed by atoms with Crippen LogP contribution in [0.3, 0.4) is 0 Å². The molecule has 1 aliphatic carbocycles. The molecule has 2 heteroatoms. The standard InChI is InChI=1S/C12H22O2/c1-4-9(5-2)6-7-10-8-12(10,3)11(13)14/h9-10H,4-8H2,1-3H3,(H,13,14). The SMILES string of the molecule is CCC(CC)CCC1CC1(C)C(=O)O. The van der Waals surface area contributed by atoms with Crippen molar-refractivity contribution in [3.63, 3.8) is 0 Å². The third-order valence-corrected chi connectivity index (χ3v) is 3.98. The summed E-state index contributed by atoms with van der Waals surface area (Å²) >= 11 is 0. The van der Waals surface area contributed by atoms with Crippen LogP contribution < -0.4 is 0 Å². The van der Waals surface area contributed by atoms with Crippen molar-refractivity contribution >= 4 is 5.97 Å². The first-order chi connectivity index (χ1) is 6.54. The van der Waals surface area contributed by atoms with E-state index in [4.69, 9.17) is 5.11 Å². The van der Waals surface area contributed by atoms with Gasteiger partial charge < -0.3 is 5.11 Å². The van der Waals surface area contributed by atoms with Crippen molar-refractivity contribution in [2.24, 2.45) is 17.3 Å². The summed E-state index contributed by atoms with van der Waals surface area (Å²) in [6.07, 6.45) is 5.66. The zero-order valence-corrected chi connectivity index (χ0v) is 9.55. The molecule has 0 aromatic heterocycles. The molecule has 0 heterocycles. The summed E-state index contributed by atoms with van der Waals surface area (Å²) in [5.41, 5.74) is -0.383. The van der Waals surface area contributed by atoms with Gasteiger partial charge in [-0.1, -0.05) is 33.1 Å². The molecule has 1 N–H and O–H groups in total. The Bertz CT molecular complexity index is 208. The van der Waals surface area contributed by atoms with Crippen LogP contribution in [0.15, 0.2) is 0 Å². The van der Waals surface area contributed by atoms with Crippen LogP contribution in [0.5, 0.6) is 0 Å². The lowest BCUT2D eigenvalue weighted by Gasteiger charge is -2.12. The normalized spacial score (nSPS) is 30.7. The summed E-state index contributed by atoms with van der Waals surface area (Å²) in [7, 11) is 0. The van der Waals surface area contributed by atoms with Gasteiger partial charge in [-0.25, -0.2) is 0 Å². The lowest BCUT2D eigenvalue weighted by molar-refractivity contribution is -0.143. The van der Waals surface area contributed by atoms with Crippen molar-refractivity contribution in [3.8, 4) is 0 Å². The molecule has 82 valence electrons. The van der Waals surface area contributed by atoms with Crippen LogP contribution in [0.1, 0.15) is 52.9 Å². The van der Waals surface area contributed by atoms with Gasteiger partial charge in [0, 0.05) is 0 Å². The van der Waals surface area contributed by atoms with Gasteiger partial charge >= 0.3 is 5.97 Å². The minimum absolute atomic E-state index is 0.383. The van der Waals surface area contributed by atoms with Crippen LogP contribution in [0.25, 0.3) is 0 Å². The first kappa shape index (κ1) is 11.5. The molecule has 14 heavy (non-hydrogen) atoms. The maximum Gasteiger partial charge on any atom is 0.309 e. The summed E-state index contributed by atoms with van der Waals surface area (Å²) in [6, 6.07) is 0. The Labute approximate surface area is 86.7 Å².